The molecule has 0 bridgehead atoms. The van der Waals surface area contributed by atoms with E-state index in [4.69, 9.17) is 37.9 Å². The van der Waals surface area contributed by atoms with Gasteiger partial charge in [-0.25, -0.2) is 0 Å². The number of carbonyl (C=O) groups excluding carboxylic acids is 1. The molecule has 0 aromatic carbocycles. The number of aliphatic hydroxyl groups is 12. The van der Waals surface area contributed by atoms with Crippen LogP contribution in [0.3, 0.4) is 0 Å². The lowest BCUT2D eigenvalue weighted by Gasteiger charge is -2.50. The van der Waals surface area contributed by atoms with Crippen LogP contribution in [0.5, 0.6) is 0 Å². The van der Waals surface area contributed by atoms with E-state index in [1.807, 2.05) is 0 Å². The zero-order chi connectivity index (χ0) is 36.3. The molecule has 0 aromatic rings. The second-order valence-electron chi connectivity index (χ2n) is 12.1. The molecule has 0 aliphatic carbocycles. The van der Waals surface area contributed by atoms with Crippen LogP contribution in [0.25, 0.3) is 0 Å². The summed E-state index contributed by atoms with van der Waals surface area (Å²) in [6, 6.07) is -1.52. The Kier molecular flexibility index (Phi) is 14.4. The highest BCUT2D eigenvalue weighted by atomic mass is 16.8. The molecule has 4 aliphatic rings. The SMILES string of the molecule is CO[C@@H]1[C@@H](O)[C@H](O[C@H]2[C@H](O)[C@@H](O)[C@H](O)O[C@@H]2CO)O[C@H](CO)[C@@H]1O[C@@H]1O[C@H](CO)[C@H](O)[C@H](O[C@@H]2O[C@H](CO)[C@H](O)[C@H](O)[C@H]2O)[C@H]1NC(C)=O. The van der Waals surface area contributed by atoms with Gasteiger partial charge >= 0.3 is 0 Å². The highest BCUT2D eigenvalue weighted by Crippen LogP contribution is 2.35. The van der Waals surface area contributed by atoms with Crippen LogP contribution in [-0.4, -0.2) is 223 Å². The zero-order valence-corrected chi connectivity index (χ0v) is 26.4. The summed E-state index contributed by atoms with van der Waals surface area (Å²) in [7, 11) is 1.15. The van der Waals surface area contributed by atoms with Crippen LogP contribution in [0.2, 0.25) is 0 Å². The average Bonchev–Trinajstić information content (AvgIpc) is 3.08. The Balaban J connectivity index is 1.59. The molecule has 20 atom stereocenters. The van der Waals surface area contributed by atoms with Crippen molar-refractivity contribution in [2.24, 2.45) is 0 Å². The van der Waals surface area contributed by atoms with Gasteiger partial charge < -0.3 is 104 Å². The van der Waals surface area contributed by atoms with Crippen molar-refractivity contribution in [3.05, 3.63) is 0 Å². The van der Waals surface area contributed by atoms with Crippen LogP contribution in [0.1, 0.15) is 6.92 Å². The van der Waals surface area contributed by atoms with Gasteiger partial charge in [-0.1, -0.05) is 0 Å². The number of methoxy groups -OCH3 is 1. The molecule has 4 saturated heterocycles. The first kappa shape index (κ1) is 40.4. The molecule has 4 heterocycles. The van der Waals surface area contributed by atoms with Crippen molar-refractivity contribution >= 4 is 5.91 Å². The predicted molar refractivity (Wildman–Crippen MR) is 150 cm³/mol. The maximum absolute atomic E-state index is 12.3. The van der Waals surface area contributed by atoms with E-state index in [1.54, 1.807) is 0 Å². The molecule has 1 amide bonds. The molecule has 4 aliphatic heterocycles. The lowest BCUT2D eigenvalue weighted by Crippen LogP contribution is -2.70. The summed E-state index contributed by atoms with van der Waals surface area (Å²) < 4.78 is 44.9. The van der Waals surface area contributed by atoms with Crippen LogP contribution >= 0.6 is 0 Å². The molecular formula is C27H47NO21. The van der Waals surface area contributed by atoms with Crippen molar-refractivity contribution < 1.29 is 104 Å². The summed E-state index contributed by atoms with van der Waals surface area (Å²) in [6.07, 6.45) is -31.7. The topological polar surface area (TPSA) is 346 Å². The quantitative estimate of drug-likeness (QED) is 0.0889. The largest absolute Gasteiger partial charge is 0.394 e. The molecule has 4 fully saturated rings. The normalized spacial score (nSPS) is 49.4. The maximum atomic E-state index is 12.3. The van der Waals surface area contributed by atoms with Crippen molar-refractivity contribution in [3.8, 4) is 0 Å². The molecule has 0 saturated carbocycles. The number of nitrogens with one attached hydrogen (secondary N) is 1. The van der Waals surface area contributed by atoms with Crippen molar-refractivity contribution in [1.82, 2.24) is 5.32 Å². The first-order valence-electron chi connectivity index (χ1n) is 15.5. The van der Waals surface area contributed by atoms with Crippen molar-refractivity contribution in [2.45, 2.75) is 130 Å². The van der Waals surface area contributed by atoms with Gasteiger partial charge in [0.25, 0.3) is 0 Å². The predicted octanol–water partition coefficient (Wildman–Crippen LogP) is -8.95. The Bertz CT molecular complexity index is 1040. The molecule has 0 unspecified atom stereocenters. The van der Waals surface area contributed by atoms with Crippen molar-refractivity contribution in [1.29, 1.82) is 0 Å². The highest BCUT2D eigenvalue weighted by Gasteiger charge is 2.56. The fraction of sp³-hybridized carbons (Fsp3) is 0.963. The van der Waals surface area contributed by atoms with Crippen LogP contribution in [0, 0.1) is 0 Å². The summed E-state index contributed by atoms with van der Waals surface area (Å²) in [5, 5.41) is 126. The maximum Gasteiger partial charge on any atom is 0.217 e. The molecule has 22 nitrogen and oxygen atoms in total. The van der Waals surface area contributed by atoms with Crippen molar-refractivity contribution in [2.75, 3.05) is 33.5 Å². The number of ether oxygens (including phenoxy) is 8. The van der Waals surface area contributed by atoms with E-state index in [2.05, 4.69) is 5.32 Å². The van der Waals surface area contributed by atoms with Gasteiger partial charge in [0.1, 0.15) is 97.6 Å². The third kappa shape index (κ3) is 8.50. The molecule has 0 spiro atoms. The van der Waals surface area contributed by atoms with Gasteiger partial charge in [-0.2, -0.15) is 0 Å². The number of amides is 1. The van der Waals surface area contributed by atoms with Crippen LogP contribution in [0.15, 0.2) is 0 Å². The third-order valence-corrected chi connectivity index (χ3v) is 8.85. The monoisotopic (exact) mass is 721 g/mol. The average molecular weight is 722 g/mol. The third-order valence-electron chi connectivity index (χ3n) is 8.85. The molecule has 22 heteroatoms. The fourth-order valence-corrected chi connectivity index (χ4v) is 6.20. The molecule has 13 N–H and O–H groups in total. The van der Waals surface area contributed by atoms with E-state index in [0.717, 1.165) is 14.0 Å². The van der Waals surface area contributed by atoms with E-state index in [1.165, 1.54) is 0 Å². The van der Waals surface area contributed by atoms with E-state index < -0.39 is 155 Å². The zero-order valence-electron chi connectivity index (χ0n) is 26.4. The van der Waals surface area contributed by atoms with E-state index in [9.17, 15) is 66.1 Å². The minimum absolute atomic E-state index is 0.714. The molecule has 0 radical (unpaired) electrons. The standard InChI is InChI=1S/C27H47NO21/c1-7(33)28-12-22(49-26-18(39)15(36)13(34)8(3-29)45-26)14(35)9(4-30)44-25(12)48-21-11(6-32)46-27(19(40)23(21)42-2)47-20-10(5-31)43-24(41)17(38)16(20)37/h8-27,29-32,34-41H,3-6H2,1-2H3,(H,28,33)/t8-,9-,10-,11-,12-,13+,14+,15+,16-,17-,18-,19-,20-,21+,22-,23-,24-,25+,26+,27+/m1/s1. The van der Waals surface area contributed by atoms with Gasteiger partial charge in [-0.15, -0.1) is 0 Å². The van der Waals surface area contributed by atoms with E-state index in [-0.39, 0.29) is 0 Å². The van der Waals surface area contributed by atoms with Crippen LogP contribution < -0.4 is 5.32 Å². The van der Waals surface area contributed by atoms with E-state index >= 15 is 0 Å². The molecule has 49 heavy (non-hydrogen) atoms. The second kappa shape index (κ2) is 17.5. The number of rotatable bonds is 12. The Morgan fingerprint density at radius 3 is 1.59 bits per heavy atom. The Morgan fingerprint density at radius 1 is 0.531 bits per heavy atom. The minimum Gasteiger partial charge on any atom is -0.394 e. The number of hydrogen-bond acceptors (Lipinski definition) is 21. The summed E-state index contributed by atoms with van der Waals surface area (Å²) in [6.45, 7) is -2.18. The van der Waals surface area contributed by atoms with Crippen LogP contribution in [-0.2, 0) is 42.7 Å². The number of hydrogen-bond donors (Lipinski definition) is 13. The smallest absolute Gasteiger partial charge is 0.217 e. The van der Waals surface area contributed by atoms with E-state index in [0.29, 0.717) is 0 Å². The number of carbonyl (C=O) groups is 1. The van der Waals surface area contributed by atoms with Crippen LogP contribution in [0.4, 0.5) is 0 Å². The first-order chi connectivity index (χ1) is 23.2. The first-order valence-corrected chi connectivity index (χ1v) is 15.5. The summed E-state index contributed by atoms with van der Waals surface area (Å²) >= 11 is 0. The minimum atomic E-state index is -1.92. The van der Waals surface area contributed by atoms with Crippen molar-refractivity contribution in [3.63, 3.8) is 0 Å². The molecular weight excluding hydrogens is 674 g/mol. The highest BCUT2D eigenvalue weighted by molar-refractivity contribution is 5.73. The lowest BCUT2D eigenvalue weighted by atomic mass is 9.94. The number of aliphatic hydroxyl groups excluding tert-OH is 12. The molecule has 286 valence electrons. The fourth-order valence-electron chi connectivity index (χ4n) is 6.20. The Morgan fingerprint density at radius 2 is 1.02 bits per heavy atom. The molecule has 0 aromatic heterocycles. The van der Waals surface area contributed by atoms with Gasteiger partial charge in [0, 0.05) is 14.0 Å². The Hall–Kier alpha value is -1.33. The van der Waals surface area contributed by atoms with Gasteiger partial charge in [0.15, 0.2) is 25.2 Å². The molecule has 4 rings (SSSR count). The summed E-state index contributed by atoms with van der Waals surface area (Å²) in [5.74, 6) is -0.714. The second-order valence-corrected chi connectivity index (χ2v) is 12.1. The van der Waals surface area contributed by atoms with Gasteiger partial charge in [-0.3, -0.25) is 4.79 Å². The summed E-state index contributed by atoms with van der Waals surface area (Å²) in [4.78, 5) is 12.3. The summed E-state index contributed by atoms with van der Waals surface area (Å²) in [5.41, 5.74) is 0. The lowest BCUT2D eigenvalue weighted by molar-refractivity contribution is -0.379. The Labute approximate surface area is 278 Å². The van der Waals surface area contributed by atoms with Gasteiger partial charge in [-0.05, 0) is 0 Å². The van der Waals surface area contributed by atoms with Gasteiger partial charge in [0.05, 0.1) is 26.4 Å². The van der Waals surface area contributed by atoms with Gasteiger partial charge in [0.2, 0.25) is 5.91 Å².